The summed E-state index contributed by atoms with van der Waals surface area (Å²) in [7, 11) is 117. The smallest absolute Gasteiger partial charge is 0.0000104 e. The molecule has 0 nitrogen and oxygen atoms in total. The van der Waals surface area contributed by atoms with Gasteiger partial charge in [-0.3, -0.25) is 0 Å². The van der Waals surface area contributed by atoms with Gasteiger partial charge in [-0.1, -0.05) is 25.8 Å². The highest BCUT2D eigenvalue weighted by atomic mass is 33.6. The molecule has 0 aromatic rings. The Kier molecular flexibility index (Phi) is 70.9. The van der Waals surface area contributed by atoms with E-state index in [4.69, 9.17) is 8.93 Å². The van der Waals surface area contributed by atoms with Gasteiger partial charge in [0.15, 0.2) is 0 Å². The Hall–Kier alpha value is 27.1. The maximum atomic E-state index is 4.70. The highest BCUT2D eigenvalue weighted by Gasteiger charge is 2.62. The molecule has 0 fully saturated rings. The standard InChI is InChI=1S/H63P63/c1-33-49(32)57(48(30)31)61(56(46(26)27)47(28)29)63(60(54(42(18)19)43(20)21)55(44(22)23)45(24)25)62(58(50(34(2)3)35(4)5)51(36(6)7)37(8)9)59(52(38(10)11)39(12)13)53(40(14)15)41(16)17/h1-2,33H,3-32H2. The molecule has 0 N–H and O–H groups in total. The molecule has 39 atom stereocenters. The van der Waals surface area contributed by atoms with Crippen molar-refractivity contribution in [2.24, 2.45) is 0 Å². The molecule has 0 saturated carbocycles. The SMILES string of the molecule is [PH]PP(P)P(P(P)P)P(P(P(P)P)P(P)P)P(P(P(P(P)P)P(P)P)P(P(P)P)P(P)P)P(P(P(P([PH])P)P(P)P)P(P(P)P)P(P)P)P(P(P(P)P)P(P)P)P(P(P)P)P(P)P. The van der Waals surface area contributed by atoms with E-state index in [9.17, 15) is 0 Å². The summed E-state index contributed by atoms with van der Waals surface area (Å²) in [5, 5.41) is 0. The van der Waals surface area contributed by atoms with Crippen molar-refractivity contribution in [3.05, 3.63) is 0 Å². The Labute approximate surface area is 495 Å². The predicted octanol–water partition coefficient (Wildman–Crippen LogP) is 37.4. The van der Waals surface area contributed by atoms with Gasteiger partial charge < -0.3 is 0 Å². The second-order valence-electron chi connectivity index (χ2n) is 9.88. The molecule has 39 unspecified atom stereocenters. The number of hydrogen-bond donors (Lipinski definition) is 0. The molecular formula is H63P63. The average molecular weight is 2010 g/mol. The minimum Gasteiger partial charge on any atom is -0.102 e. The van der Waals surface area contributed by atoms with Crippen molar-refractivity contribution < 1.29 is 0 Å². The van der Waals surface area contributed by atoms with Crippen molar-refractivity contribution in [2.45, 2.75) is 0 Å². The third-order valence-corrected chi connectivity index (χ3v) is 443. The topological polar surface area (TPSA) is 0 Å². The maximum Gasteiger partial charge on any atom is -0.0000104 e. The van der Waals surface area contributed by atoms with Crippen LogP contribution >= 0.6 is 503 Å². The van der Waals surface area contributed by atoms with Crippen LogP contribution in [0.4, 0.5) is 0 Å². The van der Waals surface area contributed by atoms with Gasteiger partial charge in [-0.25, -0.2) is 0 Å². The van der Waals surface area contributed by atoms with E-state index < -0.39 is 0 Å². The first-order valence-electron chi connectivity index (χ1n) is 14.2. The van der Waals surface area contributed by atoms with Crippen LogP contribution in [0.3, 0.4) is 0 Å². The van der Waals surface area contributed by atoms with E-state index in [0.29, 0.717) is 0 Å². The van der Waals surface area contributed by atoms with Crippen LogP contribution in [-0.2, 0) is 0 Å². The zero-order valence-corrected chi connectivity index (χ0v) is 96.7. The Bertz CT molecular complexity index is 994. The lowest BCUT2D eigenvalue weighted by Gasteiger charge is -2.60. The van der Waals surface area contributed by atoms with Crippen LogP contribution in [0.1, 0.15) is 0 Å². The molecule has 0 aliphatic carbocycles. The second-order valence-corrected chi connectivity index (χ2v) is 267. The second kappa shape index (κ2) is 49.6. The largest absolute Gasteiger partial charge is 0.102 e. The van der Waals surface area contributed by atoms with E-state index in [1.165, 1.54) is 0 Å². The van der Waals surface area contributed by atoms with Crippen LogP contribution in [-0.4, -0.2) is 0 Å². The van der Waals surface area contributed by atoms with E-state index >= 15 is 0 Å². The molecule has 63 heavy (non-hydrogen) atoms. The molecule has 0 aromatic heterocycles. The minimum atomic E-state index is -0.376. The van der Waals surface area contributed by atoms with Crippen LogP contribution in [0.2, 0.25) is 0 Å². The Morgan fingerprint density at radius 1 is 0.190 bits per heavy atom. The summed E-state index contributed by atoms with van der Waals surface area (Å²) in [4.78, 5) is 0. The zero-order chi connectivity index (χ0) is 50.0. The third kappa shape index (κ3) is 32.1. The lowest BCUT2D eigenvalue weighted by molar-refractivity contribution is 4.33. The Morgan fingerprint density at radius 2 is 0.317 bits per heavy atom. The van der Waals surface area contributed by atoms with Crippen molar-refractivity contribution in [1.82, 2.24) is 0 Å². The molecule has 2 radical (unpaired) electrons. The molecule has 0 saturated heterocycles. The van der Waals surface area contributed by atoms with Gasteiger partial charge >= 0.3 is 0 Å². The van der Waals surface area contributed by atoms with Gasteiger partial charge in [0.25, 0.3) is 0 Å². The summed E-state index contributed by atoms with van der Waals surface area (Å²) in [6, 6.07) is 0. The summed E-state index contributed by atoms with van der Waals surface area (Å²) >= 11 is 0. The molecule has 0 aromatic carbocycles. The molecular weight excluding hydrogens is 1950 g/mol. The van der Waals surface area contributed by atoms with Crippen molar-refractivity contribution in [3.8, 4) is 0 Å². The first kappa shape index (κ1) is 90.1. The zero-order valence-electron chi connectivity index (χ0n) is 32.2. The highest BCUT2D eigenvalue weighted by Crippen LogP contribution is 3.49. The first-order valence-corrected chi connectivity index (χ1v) is 128. The third-order valence-electron chi connectivity index (χ3n) is 5.47. The molecule has 378 valence electrons. The predicted molar refractivity (Wildman–Crippen MR) is 524 cm³/mol. The van der Waals surface area contributed by atoms with Crippen molar-refractivity contribution in [3.63, 3.8) is 0 Å². The van der Waals surface area contributed by atoms with Gasteiger partial charge in [0, 0.05) is 0 Å². The molecule has 0 amide bonds. The van der Waals surface area contributed by atoms with Crippen LogP contribution in [0.15, 0.2) is 0 Å². The normalized spacial score (nSPS) is 16.5. The van der Waals surface area contributed by atoms with Gasteiger partial charge in [-0.15, -0.1) is 268 Å². The van der Waals surface area contributed by atoms with Crippen molar-refractivity contribution in [1.29, 1.82) is 0 Å². The minimum absolute atomic E-state index is 0.216. The van der Waals surface area contributed by atoms with Crippen LogP contribution < -0.4 is 0 Å². The van der Waals surface area contributed by atoms with E-state index in [-0.39, 0.29) is 210 Å². The summed E-state index contributed by atoms with van der Waals surface area (Å²) in [6.45, 7) is -7.96. The van der Waals surface area contributed by atoms with E-state index in [2.05, 4.69) is 277 Å². The molecule has 0 heterocycles. The average Bonchev–Trinajstić information content (AvgIpc) is 3.07. The fourth-order valence-electron chi connectivity index (χ4n) is 3.74. The van der Waals surface area contributed by atoms with Gasteiger partial charge in [0.1, 0.15) is 0 Å². The summed E-state index contributed by atoms with van der Waals surface area (Å²) in [5.41, 5.74) is 0. The summed E-state index contributed by atoms with van der Waals surface area (Å²) < 4.78 is 0. The maximum absolute atomic E-state index is 4.70. The molecule has 0 spiro atoms. The summed E-state index contributed by atoms with van der Waals surface area (Å²) in [6.07, 6.45) is 0. The van der Waals surface area contributed by atoms with Crippen LogP contribution in [0, 0.1) is 0 Å². The van der Waals surface area contributed by atoms with Gasteiger partial charge in [0.2, 0.25) is 0 Å². The molecule has 0 rings (SSSR count). The molecule has 63 heteroatoms. The molecule has 0 aliphatic rings. The lowest BCUT2D eigenvalue weighted by atomic mass is 28.4. The summed E-state index contributed by atoms with van der Waals surface area (Å²) in [5.74, 6) is 0. The van der Waals surface area contributed by atoms with Gasteiger partial charge in [0.05, 0.1) is 0 Å². The van der Waals surface area contributed by atoms with Gasteiger partial charge in [-0.05, 0) is 210 Å². The Morgan fingerprint density at radius 3 is 0.444 bits per heavy atom. The quantitative estimate of drug-likeness (QED) is 0.0629. The van der Waals surface area contributed by atoms with E-state index in [1.54, 1.807) is 0 Å². The molecule has 0 bridgehead atoms. The highest BCUT2D eigenvalue weighted by molar-refractivity contribution is 9.55. The first-order chi connectivity index (χ1) is 28.7. The van der Waals surface area contributed by atoms with Crippen LogP contribution in [0.25, 0.3) is 0 Å². The fourth-order valence-corrected chi connectivity index (χ4v) is 908. The van der Waals surface area contributed by atoms with E-state index in [0.717, 1.165) is 7.96 Å². The van der Waals surface area contributed by atoms with Crippen molar-refractivity contribution >= 4 is 503 Å². The molecule has 0 aliphatic heterocycles. The van der Waals surface area contributed by atoms with E-state index in [1.807, 2.05) is 0 Å². The number of rotatable bonds is 30. The monoisotopic (exact) mass is 2010 g/mol. The van der Waals surface area contributed by atoms with Crippen LogP contribution in [0.5, 0.6) is 0 Å². The number of hydrogen-bond acceptors (Lipinski definition) is 0. The lowest BCUT2D eigenvalue weighted by Crippen LogP contribution is -1.73. The van der Waals surface area contributed by atoms with Crippen molar-refractivity contribution in [2.75, 3.05) is 0 Å². The Balaban J connectivity index is 11.0. The van der Waals surface area contributed by atoms with Gasteiger partial charge in [-0.2, -0.15) is 0 Å². The fraction of sp³-hybridized carbons (Fsp3) is 0.